The van der Waals surface area contributed by atoms with Gasteiger partial charge in [0.05, 0.1) is 24.0 Å². The molecular formula is C15H22N2O2. The van der Waals surface area contributed by atoms with E-state index in [0.717, 1.165) is 12.2 Å². The Morgan fingerprint density at radius 3 is 2.79 bits per heavy atom. The summed E-state index contributed by atoms with van der Waals surface area (Å²) in [6.07, 6.45) is 2.40. The van der Waals surface area contributed by atoms with Gasteiger partial charge in [-0.25, -0.2) is 4.79 Å². The molecule has 1 aromatic rings. The van der Waals surface area contributed by atoms with E-state index in [1.54, 1.807) is 12.1 Å². The number of carbonyl (C=O) groups excluding carboxylic acids is 1. The Morgan fingerprint density at radius 1 is 1.47 bits per heavy atom. The van der Waals surface area contributed by atoms with E-state index in [4.69, 9.17) is 10.5 Å². The molecule has 0 bridgehead atoms. The Hall–Kier alpha value is -1.71. The van der Waals surface area contributed by atoms with Gasteiger partial charge in [-0.3, -0.25) is 0 Å². The second-order valence-corrected chi connectivity index (χ2v) is 5.41. The highest BCUT2D eigenvalue weighted by Crippen LogP contribution is 2.33. The van der Waals surface area contributed by atoms with Gasteiger partial charge in [0, 0.05) is 12.6 Å². The average molecular weight is 262 g/mol. The first-order chi connectivity index (χ1) is 9.04. The normalized spacial score (nSPS) is 18.9. The molecule has 19 heavy (non-hydrogen) atoms. The molecule has 1 saturated heterocycles. The van der Waals surface area contributed by atoms with Crippen LogP contribution in [0.3, 0.4) is 0 Å². The number of carbonyl (C=O) groups is 1. The maximum Gasteiger partial charge on any atom is 0.337 e. The molecule has 0 aromatic heterocycles. The van der Waals surface area contributed by atoms with E-state index in [2.05, 4.69) is 18.7 Å². The van der Waals surface area contributed by atoms with Crippen LogP contribution in [0.4, 0.5) is 11.4 Å². The molecule has 1 aliphatic rings. The second kappa shape index (κ2) is 5.51. The lowest BCUT2D eigenvalue weighted by molar-refractivity contribution is 0.0601. The van der Waals surface area contributed by atoms with Crippen molar-refractivity contribution in [3.05, 3.63) is 23.8 Å². The summed E-state index contributed by atoms with van der Waals surface area (Å²) < 4.78 is 4.71. The van der Waals surface area contributed by atoms with Crippen molar-refractivity contribution in [2.24, 2.45) is 5.92 Å². The minimum atomic E-state index is -0.347. The fourth-order valence-corrected chi connectivity index (χ4v) is 2.85. The summed E-state index contributed by atoms with van der Waals surface area (Å²) in [5.74, 6) is 0.252. The smallest absolute Gasteiger partial charge is 0.337 e. The molecule has 4 nitrogen and oxygen atoms in total. The van der Waals surface area contributed by atoms with Crippen molar-refractivity contribution in [2.75, 3.05) is 24.3 Å². The van der Waals surface area contributed by atoms with Crippen LogP contribution >= 0.6 is 0 Å². The van der Waals surface area contributed by atoms with Gasteiger partial charge in [-0.1, -0.05) is 13.8 Å². The molecule has 1 atom stereocenters. The molecule has 4 heteroatoms. The summed E-state index contributed by atoms with van der Waals surface area (Å²) in [5, 5.41) is 0. The van der Waals surface area contributed by atoms with Gasteiger partial charge in [-0.05, 0) is 37.0 Å². The van der Waals surface area contributed by atoms with Gasteiger partial charge in [-0.2, -0.15) is 0 Å². The predicted octanol–water partition coefficient (Wildman–Crippen LogP) is 2.68. The number of hydrogen-bond donors (Lipinski definition) is 1. The van der Waals surface area contributed by atoms with Crippen LogP contribution in [-0.2, 0) is 4.74 Å². The number of nitrogens with zero attached hydrogens (tertiary/aromatic N) is 1. The van der Waals surface area contributed by atoms with Crippen LogP contribution in [0.1, 0.15) is 37.0 Å². The molecule has 1 heterocycles. The molecule has 1 fully saturated rings. The lowest BCUT2D eigenvalue weighted by atomic mass is 10.0. The third-order valence-electron chi connectivity index (χ3n) is 3.83. The minimum Gasteiger partial charge on any atom is -0.465 e. The molecule has 104 valence electrons. The topological polar surface area (TPSA) is 55.6 Å². The highest BCUT2D eigenvalue weighted by molar-refractivity contribution is 5.92. The van der Waals surface area contributed by atoms with Crippen LogP contribution < -0.4 is 10.6 Å². The summed E-state index contributed by atoms with van der Waals surface area (Å²) in [6.45, 7) is 5.51. The Morgan fingerprint density at radius 2 is 2.21 bits per heavy atom. The van der Waals surface area contributed by atoms with Gasteiger partial charge < -0.3 is 15.4 Å². The number of ether oxygens (including phenoxy) is 1. The molecular weight excluding hydrogens is 240 g/mol. The Bertz CT molecular complexity index is 471. The van der Waals surface area contributed by atoms with Crippen LogP contribution in [0, 0.1) is 5.92 Å². The number of rotatable bonds is 3. The summed E-state index contributed by atoms with van der Waals surface area (Å²) in [7, 11) is 1.38. The number of nitrogen functional groups attached to an aromatic ring is 1. The number of hydrogen-bond acceptors (Lipinski definition) is 4. The Balaban J connectivity index is 2.28. The molecule has 1 unspecified atom stereocenters. The first-order valence-corrected chi connectivity index (χ1v) is 6.79. The van der Waals surface area contributed by atoms with E-state index in [1.807, 2.05) is 6.07 Å². The highest BCUT2D eigenvalue weighted by atomic mass is 16.5. The minimum absolute atomic E-state index is 0.347. The van der Waals surface area contributed by atoms with E-state index < -0.39 is 0 Å². The molecule has 1 aliphatic heterocycles. The van der Waals surface area contributed by atoms with Crippen LogP contribution in [-0.4, -0.2) is 25.7 Å². The molecule has 2 rings (SSSR count). The number of nitrogens with two attached hydrogens (primary N) is 1. The van der Waals surface area contributed by atoms with Gasteiger partial charge in [0.25, 0.3) is 0 Å². The monoisotopic (exact) mass is 262 g/mol. The zero-order valence-electron chi connectivity index (χ0n) is 11.8. The first-order valence-electron chi connectivity index (χ1n) is 6.79. The average Bonchev–Trinajstić information content (AvgIpc) is 2.86. The van der Waals surface area contributed by atoms with Gasteiger partial charge in [0.15, 0.2) is 0 Å². The highest BCUT2D eigenvalue weighted by Gasteiger charge is 2.28. The fraction of sp³-hybridized carbons (Fsp3) is 0.533. The van der Waals surface area contributed by atoms with Crippen molar-refractivity contribution in [1.29, 1.82) is 0 Å². The first kappa shape index (κ1) is 13.7. The van der Waals surface area contributed by atoms with Gasteiger partial charge in [0.1, 0.15) is 0 Å². The Kier molecular flexibility index (Phi) is 3.98. The lowest BCUT2D eigenvalue weighted by Gasteiger charge is -2.30. The van der Waals surface area contributed by atoms with Crippen LogP contribution in [0.15, 0.2) is 18.2 Å². The van der Waals surface area contributed by atoms with E-state index in [9.17, 15) is 4.79 Å². The van der Waals surface area contributed by atoms with Crippen molar-refractivity contribution in [3.63, 3.8) is 0 Å². The van der Waals surface area contributed by atoms with Crippen molar-refractivity contribution in [3.8, 4) is 0 Å². The quantitative estimate of drug-likeness (QED) is 0.672. The molecule has 0 spiro atoms. The van der Waals surface area contributed by atoms with Crippen molar-refractivity contribution >= 4 is 17.3 Å². The Labute approximate surface area is 114 Å². The van der Waals surface area contributed by atoms with Crippen LogP contribution in [0.25, 0.3) is 0 Å². The van der Waals surface area contributed by atoms with Gasteiger partial charge in [0.2, 0.25) is 0 Å². The number of esters is 1. The summed E-state index contributed by atoms with van der Waals surface area (Å²) in [4.78, 5) is 13.8. The third-order valence-corrected chi connectivity index (χ3v) is 3.83. The standard InChI is InChI=1S/C15H22N2O2/c1-10(2)13-5-4-8-17(13)14-7-6-11(9-12(14)16)15(18)19-3/h6-7,9-10,13H,4-5,8,16H2,1-3H3. The van der Waals surface area contributed by atoms with Gasteiger partial charge >= 0.3 is 5.97 Å². The number of methoxy groups -OCH3 is 1. The lowest BCUT2D eigenvalue weighted by Crippen LogP contribution is -2.33. The molecule has 2 N–H and O–H groups in total. The van der Waals surface area contributed by atoms with Crippen molar-refractivity contribution in [2.45, 2.75) is 32.7 Å². The fourth-order valence-electron chi connectivity index (χ4n) is 2.85. The van der Waals surface area contributed by atoms with E-state index in [1.165, 1.54) is 20.0 Å². The van der Waals surface area contributed by atoms with Gasteiger partial charge in [-0.15, -0.1) is 0 Å². The van der Waals surface area contributed by atoms with E-state index >= 15 is 0 Å². The summed E-state index contributed by atoms with van der Waals surface area (Å²) >= 11 is 0. The molecule has 0 amide bonds. The summed E-state index contributed by atoms with van der Waals surface area (Å²) in [6, 6.07) is 5.96. The van der Waals surface area contributed by atoms with Crippen LogP contribution in [0.2, 0.25) is 0 Å². The summed E-state index contributed by atoms with van der Waals surface area (Å²) in [5.41, 5.74) is 8.29. The predicted molar refractivity (Wildman–Crippen MR) is 77.4 cm³/mol. The molecule has 0 aliphatic carbocycles. The molecule has 0 radical (unpaired) electrons. The second-order valence-electron chi connectivity index (χ2n) is 5.41. The SMILES string of the molecule is COC(=O)c1ccc(N2CCCC2C(C)C)c(N)c1. The van der Waals surface area contributed by atoms with E-state index in [-0.39, 0.29) is 5.97 Å². The zero-order chi connectivity index (χ0) is 14.0. The molecule has 1 aromatic carbocycles. The zero-order valence-corrected chi connectivity index (χ0v) is 11.8. The maximum atomic E-state index is 11.5. The van der Waals surface area contributed by atoms with E-state index in [0.29, 0.717) is 23.2 Å². The van der Waals surface area contributed by atoms with Crippen LogP contribution in [0.5, 0.6) is 0 Å². The largest absolute Gasteiger partial charge is 0.465 e. The third kappa shape index (κ3) is 2.67. The van der Waals surface area contributed by atoms with Crippen molar-refractivity contribution in [1.82, 2.24) is 0 Å². The number of benzene rings is 1. The molecule has 0 saturated carbocycles. The maximum absolute atomic E-state index is 11.5. The van der Waals surface area contributed by atoms with Crippen molar-refractivity contribution < 1.29 is 9.53 Å². The number of anilines is 2.